The first-order valence-corrected chi connectivity index (χ1v) is 10.8. The molecule has 7 nitrogen and oxygen atoms in total. The van der Waals surface area contributed by atoms with Gasteiger partial charge in [-0.15, -0.1) is 0 Å². The molecule has 0 aliphatic rings. The second-order valence-electron chi connectivity index (χ2n) is 8.04. The third-order valence-corrected chi connectivity index (χ3v) is 5.31. The number of rotatable bonds is 7. The molecule has 0 saturated carbocycles. The predicted molar refractivity (Wildman–Crippen MR) is 132 cm³/mol. The normalized spacial score (nSPS) is 10.6. The largest absolute Gasteiger partial charge is 0.497 e. The van der Waals surface area contributed by atoms with E-state index in [1.807, 2.05) is 54.6 Å². The summed E-state index contributed by atoms with van der Waals surface area (Å²) in [6, 6.07) is 24.3. The van der Waals surface area contributed by atoms with E-state index in [4.69, 9.17) is 9.84 Å². The Bertz CT molecular complexity index is 1310. The van der Waals surface area contributed by atoms with E-state index in [9.17, 15) is 9.59 Å². The molecule has 172 valence electrons. The Morgan fingerprint density at radius 3 is 2.47 bits per heavy atom. The highest BCUT2D eigenvalue weighted by molar-refractivity contribution is 6.08. The Kier molecular flexibility index (Phi) is 6.73. The van der Waals surface area contributed by atoms with Gasteiger partial charge in [-0.1, -0.05) is 48.5 Å². The Morgan fingerprint density at radius 2 is 1.74 bits per heavy atom. The minimum absolute atomic E-state index is 0.135. The molecule has 3 aromatic carbocycles. The monoisotopic (exact) mass is 454 g/mol. The predicted octanol–water partition coefficient (Wildman–Crippen LogP) is 4.56. The average molecular weight is 455 g/mol. The van der Waals surface area contributed by atoms with Gasteiger partial charge in [-0.05, 0) is 35.9 Å². The molecule has 2 amide bonds. The lowest BCUT2D eigenvalue weighted by molar-refractivity contribution is 0.0827. The van der Waals surface area contributed by atoms with Crippen molar-refractivity contribution in [2.75, 3.05) is 26.5 Å². The molecule has 1 aromatic heterocycles. The summed E-state index contributed by atoms with van der Waals surface area (Å²) in [4.78, 5) is 27.2. The molecular formula is C27H26N4O3. The molecule has 4 rings (SSSR count). The quantitative estimate of drug-likeness (QED) is 0.444. The van der Waals surface area contributed by atoms with E-state index < -0.39 is 0 Å². The second kappa shape index (κ2) is 10.0. The molecule has 1 N–H and O–H groups in total. The van der Waals surface area contributed by atoms with Gasteiger partial charge in [-0.2, -0.15) is 5.10 Å². The summed E-state index contributed by atoms with van der Waals surface area (Å²) < 4.78 is 7.11. The third kappa shape index (κ3) is 5.15. The van der Waals surface area contributed by atoms with Crippen LogP contribution in [-0.2, 0) is 6.54 Å². The third-order valence-electron chi connectivity index (χ3n) is 5.31. The van der Waals surface area contributed by atoms with Crippen LogP contribution in [0.3, 0.4) is 0 Å². The second-order valence-corrected chi connectivity index (χ2v) is 8.04. The van der Waals surface area contributed by atoms with E-state index in [0.717, 1.165) is 11.1 Å². The maximum absolute atomic E-state index is 13.4. The van der Waals surface area contributed by atoms with Crippen LogP contribution in [0.1, 0.15) is 26.3 Å². The molecule has 0 fully saturated rings. The Morgan fingerprint density at radius 1 is 0.971 bits per heavy atom. The van der Waals surface area contributed by atoms with Gasteiger partial charge in [-0.25, -0.2) is 0 Å². The summed E-state index contributed by atoms with van der Waals surface area (Å²) in [5, 5.41) is 7.64. The van der Waals surface area contributed by atoms with Gasteiger partial charge in [0, 0.05) is 37.1 Å². The fourth-order valence-corrected chi connectivity index (χ4v) is 3.61. The van der Waals surface area contributed by atoms with Crippen LogP contribution in [0.4, 0.5) is 5.69 Å². The van der Waals surface area contributed by atoms with Crippen molar-refractivity contribution in [3.63, 3.8) is 0 Å². The summed E-state index contributed by atoms with van der Waals surface area (Å²) in [6.07, 6.45) is 1.74. The number of ether oxygens (including phenoxy) is 1. The van der Waals surface area contributed by atoms with Crippen LogP contribution in [-0.4, -0.2) is 47.7 Å². The SMILES string of the molecule is COc1cccc(-c2nn(Cc3ccccc3)cc2C(=O)Nc2cccc(C(=O)N(C)C)c2)c1. The van der Waals surface area contributed by atoms with E-state index in [-0.39, 0.29) is 11.8 Å². The average Bonchev–Trinajstić information content (AvgIpc) is 3.28. The number of nitrogens with one attached hydrogen (secondary N) is 1. The van der Waals surface area contributed by atoms with Crippen LogP contribution in [0.5, 0.6) is 5.75 Å². The maximum atomic E-state index is 13.4. The number of hydrogen-bond acceptors (Lipinski definition) is 4. The van der Waals surface area contributed by atoms with Crippen LogP contribution in [0.25, 0.3) is 11.3 Å². The van der Waals surface area contributed by atoms with Crippen LogP contribution < -0.4 is 10.1 Å². The summed E-state index contributed by atoms with van der Waals surface area (Å²) in [5.74, 6) is 0.229. The van der Waals surface area contributed by atoms with Crippen molar-refractivity contribution in [2.45, 2.75) is 6.54 Å². The van der Waals surface area contributed by atoms with Gasteiger partial charge in [0.2, 0.25) is 0 Å². The van der Waals surface area contributed by atoms with E-state index in [1.165, 1.54) is 4.90 Å². The standard InChI is InChI=1S/C27H26N4O3/c1-30(2)27(33)21-12-7-13-22(15-21)28-26(32)24-18-31(17-19-9-5-4-6-10-19)29-25(24)20-11-8-14-23(16-20)34-3/h4-16,18H,17H2,1-3H3,(H,28,32). The highest BCUT2D eigenvalue weighted by Gasteiger charge is 2.19. The van der Waals surface area contributed by atoms with Crippen molar-refractivity contribution >= 4 is 17.5 Å². The van der Waals surface area contributed by atoms with E-state index in [2.05, 4.69) is 5.32 Å². The number of carbonyl (C=O) groups is 2. The molecule has 0 aliphatic carbocycles. The first-order valence-electron chi connectivity index (χ1n) is 10.8. The molecule has 4 aromatic rings. The molecule has 1 heterocycles. The fourth-order valence-electron chi connectivity index (χ4n) is 3.61. The zero-order chi connectivity index (χ0) is 24.1. The van der Waals surface area contributed by atoms with Gasteiger partial charge in [-0.3, -0.25) is 14.3 Å². The lowest BCUT2D eigenvalue weighted by atomic mass is 10.1. The minimum Gasteiger partial charge on any atom is -0.497 e. The lowest BCUT2D eigenvalue weighted by Gasteiger charge is -2.12. The molecule has 0 spiro atoms. The van der Waals surface area contributed by atoms with Gasteiger partial charge in [0.05, 0.1) is 19.2 Å². The van der Waals surface area contributed by atoms with Crippen molar-refractivity contribution in [3.8, 4) is 17.0 Å². The number of hydrogen-bond donors (Lipinski definition) is 1. The lowest BCUT2D eigenvalue weighted by Crippen LogP contribution is -2.22. The molecule has 0 unspecified atom stereocenters. The molecule has 0 saturated heterocycles. The first-order chi connectivity index (χ1) is 16.4. The van der Waals surface area contributed by atoms with Crippen molar-refractivity contribution in [2.24, 2.45) is 0 Å². The fraction of sp³-hybridized carbons (Fsp3) is 0.148. The van der Waals surface area contributed by atoms with Crippen LogP contribution in [0.15, 0.2) is 85.1 Å². The van der Waals surface area contributed by atoms with E-state index in [0.29, 0.717) is 34.8 Å². The Balaban J connectivity index is 1.68. The van der Waals surface area contributed by atoms with Gasteiger partial charge < -0.3 is 15.0 Å². The van der Waals surface area contributed by atoms with Crippen LogP contribution >= 0.6 is 0 Å². The maximum Gasteiger partial charge on any atom is 0.259 e. The van der Waals surface area contributed by atoms with E-state index in [1.54, 1.807) is 56.3 Å². The summed E-state index contributed by atoms with van der Waals surface area (Å²) >= 11 is 0. The zero-order valence-electron chi connectivity index (χ0n) is 19.4. The summed E-state index contributed by atoms with van der Waals surface area (Å²) in [7, 11) is 4.98. The highest BCUT2D eigenvalue weighted by atomic mass is 16.5. The minimum atomic E-state index is -0.313. The van der Waals surface area contributed by atoms with Crippen LogP contribution in [0, 0.1) is 0 Å². The number of aromatic nitrogens is 2. The molecule has 34 heavy (non-hydrogen) atoms. The molecular weight excluding hydrogens is 428 g/mol. The number of methoxy groups -OCH3 is 1. The number of anilines is 1. The highest BCUT2D eigenvalue weighted by Crippen LogP contribution is 2.27. The Labute approximate surface area is 198 Å². The van der Waals surface area contributed by atoms with Crippen LogP contribution in [0.2, 0.25) is 0 Å². The summed E-state index contributed by atoms with van der Waals surface area (Å²) in [6.45, 7) is 0.526. The number of amides is 2. The summed E-state index contributed by atoms with van der Waals surface area (Å²) in [5.41, 5.74) is 3.85. The number of benzene rings is 3. The molecule has 0 atom stereocenters. The first kappa shape index (κ1) is 22.8. The van der Waals surface area contributed by atoms with Gasteiger partial charge in [0.25, 0.3) is 11.8 Å². The molecule has 0 radical (unpaired) electrons. The van der Waals surface area contributed by atoms with Crippen molar-refractivity contribution in [3.05, 3.63) is 102 Å². The van der Waals surface area contributed by atoms with Gasteiger partial charge in [0.1, 0.15) is 11.4 Å². The number of carbonyl (C=O) groups excluding carboxylic acids is 2. The topological polar surface area (TPSA) is 76.5 Å². The van der Waals surface area contributed by atoms with Crippen molar-refractivity contribution < 1.29 is 14.3 Å². The van der Waals surface area contributed by atoms with E-state index >= 15 is 0 Å². The number of nitrogens with zero attached hydrogens (tertiary/aromatic N) is 3. The smallest absolute Gasteiger partial charge is 0.259 e. The van der Waals surface area contributed by atoms with Gasteiger partial charge >= 0.3 is 0 Å². The van der Waals surface area contributed by atoms with Crippen molar-refractivity contribution in [1.82, 2.24) is 14.7 Å². The van der Waals surface area contributed by atoms with Crippen molar-refractivity contribution in [1.29, 1.82) is 0 Å². The zero-order valence-corrected chi connectivity index (χ0v) is 19.4. The molecule has 0 bridgehead atoms. The molecule has 0 aliphatic heterocycles. The molecule has 7 heteroatoms. The van der Waals surface area contributed by atoms with Gasteiger partial charge in [0.15, 0.2) is 0 Å². The Hall–Kier alpha value is -4.39.